The lowest BCUT2D eigenvalue weighted by Gasteiger charge is -2.28. The van der Waals surface area contributed by atoms with Crippen LogP contribution in [0.25, 0.3) is 0 Å². The van der Waals surface area contributed by atoms with E-state index in [1.807, 2.05) is 21.1 Å². The summed E-state index contributed by atoms with van der Waals surface area (Å²) < 4.78 is 34.2. The van der Waals surface area contributed by atoms with Gasteiger partial charge in [-0.05, 0) is 57.8 Å². The molecule has 0 aromatic heterocycles. The Morgan fingerprint density at radius 3 is 1.16 bits per heavy atom. The summed E-state index contributed by atoms with van der Waals surface area (Å²) in [5.41, 5.74) is 0. The molecular weight excluding hydrogens is 930 g/mol. The number of quaternary nitrogens is 1. The number of likely N-dealkylation sites (N-methyl/N-ethyl adjacent to an activating group) is 1. The van der Waals surface area contributed by atoms with Crippen LogP contribution in [0.2, 0.25) is 0 Å². The van der Waals surface area contributed by atoms with Gasteiger partial charge in [-0.2, -0.15) is 0 Å². The SMILES string of the molecule is CC/C=C\C/C=C\C/C=C\C/C=C\C/C=C\CCCCCCCCCC(=O)OC(COC(=O)CCCCCCCCCCCCCCCCCCCCCCCCCCCC)COP(=O)([O-])OCC[N+](C)(C)C. The molecule has 0 saturated heterocycles. The van der Waals surface area contributed by atoms with E-state index in [1.165, 1.54) is 167 Å². The number of carbonyl (C=O) groups excluding carboxylic acids is 2. The first-order valence-corrected chi connectivity index (χ1v) is 32.0. The van der Waals surface area contributed by atoms with Crippen molar-refractivity contribution in [2.45, 2.75) is 283 Å². The third-order valence-electron chi connectivity index (χ3n) is 13.3. The Morgan fingerprint density at radius 1 is 0.438 bits per heavy atom. The number of phosphoric ester groups is 1. The van der Waals surface area contributed by atoms with Crippen molar-refractivity contribution >= 4 is 19.8 Å². The highest BCUT2D eigenvalue weighted by Crippen LogP contribution is 2.38. The number of phosphoric acid groups is 1. The number of esters is 2. The number of nitrogens with zero attached hydrogens (tertiary/aromatic N) is 1. The highest BCUT2D eigenvalue weighted by Gasteiger charge is 2.22. The summed E-state index contributed by atoms with van der Waals surface area (Å²) in [4.78, 5) is 37.9. The van der Waals surface area contributed by atoms with Crippen molar-refractivity contribution in [2.75, 3.05) is 47.5 Å². The molecule has 2 unspecified atom stereocenters. The van der Waals surface area contributed by atoms with Gasteiger partial charge in [-0.3, -0.25) is 14.2 Å². The van der Waals surface area contributed by atoms with Gasteiger partial charge in [0.15, 0.2) is 6.10 Å². The zero-order valence-electron chi connectivity index (χ0n) is 48.3. The van der Waals surface area contributed by atoms with Crippen molar-refractivity contribution in [3.63, 3.8) is 0 Å². The molecule has 9 nitrogen and oxygen atoms in total. The Morgan fingerprint density at radius 2 is 0.781 bits per heavy atom. The molecule has 0 saturated carbocycles. The maximum Gasteiger partial charge on any atom is 0.306 e. The largest absolute Gasteiger partial charge is 0.756 e. The number of carbonyl (C=O) groups is 2. The number of rotatable bonds is 56. The first-order valence-electron chi connectivity index (χ1n) is 30.5. The van der Waals surface area contributed by atoms with Crippen molar-refractivity contribution in [3.8, 4) is 0 Å². The summed E-state index contributed by atoms with van der Waals surface area (Å²) in [6.45, 7) is 4.15. The fraction of sp³-hybridized carbons (Fsp3) is 0.810. The number of unbranched alkanes of at least 4 members (excludes halogenated alkanes) is 32. The van der Waals surface area contributed by atoms with Gasteiger partial charge in [0.25, 0.3) is 7.82 Å². The lowest BCUT2D eigenvalue weighted by atomic mass is 10.0. The van der Waals surface area contributed by atoms with Crippen molar-refractivity contribution in [3.05, 3.63) is 60.8 Å². The number of hydrogen-bond acceptors (Lipinski definition) is 8. The van der Waals surface area contributed by atoms with Crippen LogP contribution in [0.1, 0.15) is 277 Å². The van der Waals surface area contributed by atoms with Crippen LogP contribution in [0, 0.1) is 0 Å². The maximum atomic E-state index is 12.8. The van der Waals surface area contributed by atoms with Crippen LogP contribution < -0.4 is 4.89 Å². The van der Waals surface area contributed by atoms with Crippen LogP contribution in [0.4, 0.5) is 0 Å². The monoisotopic (exact) mass is 1050 g/mol. The molecule has 0 aliphatic heterocycles. The number of ether oxygens (including phenoxy) is 2. The minimum absolute atomic E-state index is 0.0341. The van der Waals surface area contributed by atoms with Gasteiger partial charge in [0, 0.05) is 12.8 Å². The predicted molar refractivity (Wildman–Crippen MR) is 310 cm³/mol. The highest BCUT2D eigenvalue weighted by atomic mass is 31.2. The zero-order chi connectivity index (χ0) is 53.5. The van der Waals surface area contributed by atoms with E-state index in [9.17, 15) is 19.0 Å². The summed E-state index contributed by atoms with van der Waals surface area (Å²) in [7, 11) is 1.16. The molecule has 0 rings (SSSR count). The van der Waals surface area contributed by atoms with Crippen molar-refractivity contribution in [1.29, 1.82) is 0 Å². The molecular formula is C63H116NO8P. The minimum atomic E-state index is -4.64. The van der Waals surface area contributed by atoms with Crippen LogP contribution in [-0.4, -0.2) is 70.0 Å². The molecule has 10 heteroatoms. The van der Waals surface area contributed by atoms with Crippen LogP contribution in [0.5, 0.6) is 0 Å². The molecule has 0 amide bonds. The summed E-state index contributed by atoms with van der Waals surface area (Å²) >= 11 is 0. The van der Waals surface area contributed by atoms with E-state index < -0.39 is 26.5 Å². The van der Waals surface area contributed by atoms with Crippen LogP contribution in [0.3, 0.4) is 0 Å². The fourth-order valence-electron chi connectivity index (χ4n) is 8.63. The molecule has 0 bridgehead atoms. The Labute approximate surface area is 451 Å². The van der Waals surface area contributed by atoms with Gasteiger partial charge in [0.1, 0.15) is 19.8 Å². The average molecular weight is 1050 g/mol. The topological polar surface area (TPSA) is 111 Å². The average Bonchev–Trinajstić information content (AvgIpc) is 3.35. The van der Waals surface area contributed by atoms with E-state index >= 15 is 0 Å². The molecule has 426 valence electrons. The summed E-state index contributed by atoms with van der Waals surface area (Å²) in [5.74, 6) is -0.837. The fourth-order valence-corrected chi connectivity index (χ4v) is 9.36. The van der Waals surface area contributed by atoms with E-state index in [1.54, 1.807) is 0 Å². The zero-order valence-corrected chi connectivity index (χ0v) is 49.2. The van der Waals surface area contributed by atoms with Crippen LogP contribution in [0.15, 0.2) is 60.8 Å². The molecule has 73 heavy (non-hydrogen) atoms. The Balaban J connectivity index is 4.13. The molecule has 0 aromatic carbocycles. The van der Waals surface area contributed by atoms with Crippen LogP contribution in [-0.2, 0) is 32.7 Å². The molecule has 0 fully saturated rings. The molecule has 0 spiro atoms. The molecule has 0 radical (unpaired) electrons. The van der Waals surface area contributed by atoms with E-state index in [-0.39, 0.29) is 32.0 Å². The summed E-state index contributed by atoms with van der Waals surface area (Å²) in [6, 6.07) is 0. The second-order valence-electron chi connectivity index (χ2n) is 21.7. The first kappa shape index (κ1) is 70.7. The normalized spacial score (nSPS) is 13.7. The van der Waals surface area contributed by atoms with E-state index in [0.29, 0.717) is 17.4 Å². The van der Waals surface area contributed by atoms with Gasteiger partial charge < -0.3 is 27.9 Å². The summed E-state index contributed by atoms with van der Waals surface area (Å²) in [5, 5.41) is 0. The second kappa shape index (κ2) is 54.5. The lowest BCUT2D eigenvalue weighted by Crippen LogP contribution is -2.37. The lowest BCUT2D eigenvalue weighted by molar-refractivity contribution is -0.870. The second-order valence-corrected chi connectivity index (χ2v) is 23.1. The summed E-state index contributed by atoms with van der Waals surface area (Å²) in [6.07, 6.45) is 69.9. The molecule has 2 atom stereocenters. The quantitative estimate of drug-likeness (QED) is 0.0195. The first-order chi connectivity index (χ1) is 35.5. The molecule has 0 aliphatic carbocycles. The minimum Gasteiger partial charge on any atom is -0.756 e. The van der Waals surface area contributed by atoms with E-state index in [2.05, 4.69) is 74.6 Å². The third kappa shape index (κ3) is 58.8. The highest BCUT2D eigenvalue weighted by molar-refractivity contribution is 7.45. The van der Waals surface area contributed by atoms with Gasteiger partial charge in [-0.1, -0.05) is 267 Å². The van der Waals surface area contributed by atoms with Crippen molar-refractivity contribution in [1.82, 2.24) is 0 Å². The smallest absolute Gasteiger partial charge is 0.306 e. The van der Waals surface area contributed by atoms with Gasteiger partial charge in [-0.25, -0.2) is 0 Å². The Bertz CT molecular complexity index is 1420. The molecule has 0 heterocycles. The van der Waals surface area contributed by atoms with Gasteiger partial charge >= 0.3 is 11.9 Å². The standard InChI is InChI=1S/C63H116NO8P/c1-6-8-10-12-14-16-18-20-22-24-26-28-30-31-32-34-35-37-39-41-43-45-47-49-51-53-55-62(65)69-59-61(60-71-73(67,68)70-58-57-64(3,4)5)72-63(66)56-54-52-50-48-46-44-42-40-38-36-33-29-27-25-23-21-19-17-15-13-11-9-7-2/h9,11,15,17,21,23,27,29,36,38,61H,6-8,10,12-14,16,18-20,22,24-26,28,30-35,37,39-60H2,1-5H3/b11-9-,17-15-,23-21-,29-27-,38-36-. The van der Waals surface area contributed by atoms with Crippen LogP contribution >= 0.6 is 7.82 Å². The van der Waals surface area contributed by atoms with E-state index in [4.69, 9.17) is 18.5 Å². The van der Waals surface area contributed by atoms with Crippen molar-refractivity contribution < 1.29 is 42.1 Å². The van der Waals surface area contributed by atoms with Crippen molar-refractivity contribution in [2.24, 2.45) is 0 Å². The molecule has 0 aliphatic rings. The number of allylic oxidation sites excluding steroid dienone is 10. The van der Waals surface area contributed by atoms with Gasteiger partial charge in [0.05, 0.1) is 27.7 Å². The maximum absolute atomic E-state index is 12.8. The number of hydrogen-bond donors (Lipinski definition) is 0. The predicted octanol–water partition coefficient (Wildman–Crippen LogP) is 18.5. The van der Waals surface area contributed by atoms with Gasteiger partial charge in [0.2, 0.25) is 0 Å². The third-order valence-corrected chi connectivity index (χ3v) is 14.3. The Hall–Kier alpha value is -2.29. The Kier molecular flexibility index (Phi) is 52.8. The van der Waals surface area contributed by atoms with E-state index in [0.717, 1.165) is 77.0 Å². The molecule has 0 aromatic rings. The van der Waals surface area contributed by atoms with Gasteiger partial charge in [-0.15, -0.1) is 0 Å². The molecule has 0 N–H and O–H groups in total.